The van der Waals surface area contributed by atoms with Gasteiger partial charge in [-0.2, -0.15) is 13.2 Å². The highest BCUT2D eigenvalue weighted by molar-refractivity contribution is 7.80. The van der Waals surface area contributed by atoms with Crippen LogP contribution in [0, 0.1) is 6.92 Å². The third-order valence-electron chi connectivity index (χ3n) is 2.50. The van der Waals surface area contributed by atoms with Crippen LogP contribution in [0.3, 0.4) is 0 Å². The summed E-state index contributed by atoms with van der Waals surface area (Å²) in [4.78, 5) is 7.97. The Bertz CT molecular complexity index is 658. The zero-order chi connectivity index (χ0) is 15.5. The van der Waals surface area contributed by atoms with Crippen molar-refractivity contribution in [1.29, 1.82) is 0 Å². The first-order chi connectivity index (χ1) is 9.86. The van der Waals surface area contributed by atoms with Crippen LogP contribution in [-0.4, -0.2) is 15.1 Å². The van der Waals surface area contributed by atoms with E-state index >= 15 is 0 Å². The number of aryl methyl sites for hydroxylation is 1. The number of para-hydroxylation sites is 1. The topological polar surface area (TPSA) is 49.8 Å². The molecule has 1 aromatic heterocycles. The van der Waals surface area contributed by atoms with E-state index < -0.39 is 11.7 Å². The molecule has 0 radical (unpaired) electrons. The van der Waals surface area contributed by atoms with Gasteiger partial charge in [0.15, 0.2) is 5.11 Å². The molecule has 110 valence electrons. The zero-order valence-corrected chi connectivity index (χ0v) is 11.7. The molecule has 0 aliphatic heterocycles. The van der Waals surface area contributed by atoms with Gasteiger partial charge in [-0.05, 0) is 37.3 Å². The van der Waals surface area contributed by atoms with Crippen molar-refractivity contribution in [1.82, 2.24) is 9.97 Å². The minimum absolute atomic E-state index is 0.0164. The van der Waals surface area contributed by atoms with Crippen LogP contribution in [0.25, 0.3) is 0 Å². The summed E-state index contributed by atoms with van der Waals surface area (Å²) in [6, 6.07) is 6.78. The van der Waals surface area contributed by atoms with Crippen molar-refractivity contribution < 1.29 is 13.2 Å². The molecular formula is C13H11F3N4S. The molecular weight excluding hydrogens is 301 g/mol. The van der Waals surface area contributed by atoms with E-state index in [2.05, 4.69) is 20.6 Å². The third kappa shape index (κ3) is 4.12. The van der Waals surface area contributed by atoms with Crippen LogP contribution < -0.4 is 10.6 Å². The first kappa shape index (κ1) is 15.2. The van der Waals surface area contributed by atoms with Crippen molar-refractivity contribution in [2.45, 2.75) is 13.1 Å². The number of hydrogen-bond acceptors (Lipinski definition) is 3. The Hall–Kier alpha value is -2.22. The monoisotopic (exact) mass is 312 g/mol. The maximum absolute atomic E-state index is 12.9. The Balaban J connectivity index is 2.14. The molecule has 1 aromatic carbocycles. The van der Waals surface area contributed by atoms with Gasteiger partial charge in [-0.1, -0.05) is 12.1 Å². The van der Waals surface area contributed by atoms with Crippen LogP contribution in [0.2, 0.25) is 0 Å². The minimum Gasteiger partial charge on any atom is -0.332 e. The van der Waals surface area contributed by atoms with Crippen LogP contribution in [0.4, 0.5) is 24.8 Å². The largest absolute Gasteiger partial charge is 0.418 e. The number of nitrogens with zero attached hydrogens (tertiary/aromatic N) is 2. The van der Waals surface area contributed by atoms with E-state index in [1.807, 2.05) is 0 Å². The summed E-state index contributed by atoms with van der Waals surface area (Å²) < 4.78 is 38.6. The molecule has 21 heavy (non-hydrogen) atoms. The predicted molar refractivity (Wildman–Crippen MR) is 78.1 cm³/mol. The molecule has 0 amide bonds. The van der Waals surface area contributed by atoms with Gasteiger partial charge in [-0.3, -0.25) is 0 Å². The van der Waals surface area contributed by atoms with Gasteiger partial charge >= 0.3 is 6.18 Å². The molecule has 4 nitrogen and oxygen atoms in total. The average molecular weight is 312 g/mol. The van der Waals surface area contributed by atoms with E-state index in [1.165, 1.54) is 24.4 Å². The molecule has 0 saturated carbocycles. The van der Waals surface area contributed by atoms with Gasteiger partial charge in [0.2, 0.25) is 5.95 Å². The quantitative estimate of drug-likeness (QED) is 0.830. The maximum atomic E-state index is 12.9. The van der Waals surface area contributed by atoms with E-state index in [1.54, 1.807) is 13.0 Å². The molecule has 2 rings (SSSR count). The van der Waals surface area contributed by atoms with Crippen molar-refractivity contribution in [3.63, 3.8) is 0 Å². The van der Waals surface area contributed by atoms with E-state index in [4.69, 9.17) is 12.2 Å². The van der Waals surface area contributed by atoms with Gasteiger partial charge in [-0.25, -0.2) is 9.97 Å². The lowest BCUT2D eigenvalue weighted by atomic mass is 10.2. The number of alkyl halides is 3. The number of benzene rings is 1. The van der Waals surface area contributed by atoms with Crippen LogP contribution in [0.5, 0.6) is 0 Å². The summed E-state index contributed by atoms with van der Waals surface area (Å²) in [5.74, 6) is 0.219. The number of rotatable bonds is 2. The lowest BCUT2D eigenvalue weighted by Gasteiger charge is -2.15. The summed E-state index contributed by atoms with van der Waals surface area (Å²) >= 11 is 4.97. The molecule has 2 aromatic rings. The van der Waals surface area contributed by atoms with E-state index in [0.717, 1.165) is 6.07 Å². The molecule has 0 unspecified atom stereocenters. The van der Waals surface area contributed by atoms with Crippen LogP contribution in [-0.2, 0) is 6.18 Å². The smallest absolute Gasteiger partial charge is 0.332 e. The molecule has 0 saturated heterocycles. The highest BCUT2D eigenvalue weighted by Gasteiger charge is 2.33. The maximum Gasteiger partial charge on any atom is 0.418 e. The number of anilines is 2. The first-order valence-corrected chi connectivity index (χ1v) is 6.31. The second kappa shape index (κ2) is 6.04. The number of hydrogen-bond donors (Lipinski definition) is 2. The second-order valence-electron chi connectivity index (χ2n) is 4.14. The summed E-state index contributed by atoms with van der Waals surface area (Å²) in [5.41, 5.74) is -0.208. The van der Waals surface area contributed by atoms with Crippen molar-refractivity contribution in [3.8, 4) is 0 Å². The highest BCUT2D eigenvalue weighted by atomic mass is 32.1. The summed E-state index contributed by atoms with van der Waals surface area (Å²) in [6.07, 6.45) is -2.93. The van der Waals surface area contributed by atoms with Crippen molar-refractivity contribution in [3.05, 3.63) is 47.8 Å². The zero-order valence-electron chi connectivity index (χ0n) is 10.9. The fourth-order valence-corrected chi connectivity index (χ4v) is 1.80. The van der Waals surface area contributed by atoms with E-state index in [0.29, 0.717) is 5.69 Å². The minimum atomic E-state index is -4.46. The first-order valence-electron chi connectivity index (χ1n) is 5.90. The lowest BCUT2D eigenvalue weighted by Crippen LogP contribution is -2.22. The molecule has 0 fully saturated rings. The molecule has 0 spiro atoms. The van der Waals surface area contributed by atoms with Crippen molar-refractivity contribution >= 4 is 29.0 Å². The van der Waals surface area contributed by atoms with E-state index in [-0.39, 0.29) is 16.7 Å². The van der Waals surface area contributed by atoms with Gasteiger partial charge in [0.25, 0.3) is 0 Å². The second-order valence-corrected chi connectivity index (χ2v) is 4.55. The fraction of sp³-hybridized carbons (Fsp3) is 0.154. The van der Waals surface area contributed by atoms with Crippen LogP contribution in [0.1, 0.15) is 11.3 Å². The lowest BCUT2D eigenvalue weighted by molar-refractivity contribution is -0.136. The Kier molecular flexibility index (Phi) is 4.37. The van der Waals surface area contributed by atoms with Gasteiger partial charge in [-0.15, -0.1) is 0 Å². The van der Waals surface area contributed by atoms with Gasteiger partial charge < -0.3 is 10.6 Å². The molecule has 0 atom stereocenters. The third-order valence-corrected chi connectivity index (χ3v) is 2.70. The Morgan fingerprint density at radius 2 is 1.86 bits per heavy atom. The standard InChI is InChI=1S/C13H11F3N4S/c1-8-6-7-17-11(18-8)20-12(21)19-10-5-3-2-4-9(10)13(14,15)16/h2-7H,1H3,(H2,17,18,19,20,21). The van der Waals surface area contributed by atoms with Crippen molar-refractivity contribution in [2.75, 3.05) is 10.6 Å². The van der Waals surface area contributed by atoms with Crippen LogP contribution in [0.15, 0.2) is 36.5 Å². The molecule has 1 heterocycles. The van der Waals surface area contributed by atoms with Gasteiger partial charge in [0.1, 0.15) is 0 Å². The van der Waals surface area contributed by atoms with Gasteiger partial charge in [0.05, 0.1) is 11.3 Å². The van der Waals surface area contributed by atoms with Gasteiger partial charge in [0, 0.05) is 11.9 Å². The predicted octanol–water partition coefficient (Wildman–Crippen LogP) is 3.61. The Labute approximate surface area is 124 Å². The molecule has 2 N–H and O–H groups in total. The van der Waals surface area contributed by atoms with Crippen LogP contribution >= 0.6 is 12.2 Å². The number of halogens is 3. The molecule has 8 heteroatoms. The molecule has 0 bridgehead atoms. The fourth-order valence-electron chi connectivity index (χ4n) is 1.60. The number of nitrogens with one attached hydrogen (secondary N) is 2. The summed E-state index contributed by atoms with van der Waals surface area (Å²) in [6.45, 7) is 1.77. The Morgan fingerprint density at radius 1 is 1.14 bits per heavy atom. The molecule has 0 aliphatic rings. The molecule has 0 aliphatic carbocycles. The van der Waals surface area contributed by atoms with Crippen molar-refractivity contribution in [2.24, 2.45) is 0 Å². The van der Waals surface area contributed by atoms with E-state index in [9.17, 15) is 13.2 Å². The normalized spacial score (nSPS) is 11.0. The summed E-state index contributed by atoms with van der Waals surface area (Å²) in [5, 5.41) is 5.13. The summed E-state index contributed by atoms with van der Waals surface area (Å²) in [7, 11) is 0. The average Bonchev–Trinajstić information content (AvgIpc) is 2.37. The number of aromatic nitrogens is 2. The number of thiocarbonyl (C=S) groups is 1. The highest BCUT2D eigenvalue weighted by Crippen LogP contribution is 2.34. The SMILES string of the molecule is Cc1ccnc(NC(=S)Nc2ccccc2C(F)(F)F)n1. The Morgan fingerprint density at radius 3 is 2.52 bits per heavy atom.